The summed E-state index contributed by atoms with van der Waals surface area (Å²) >= 11 is 0. The fourth-order valence-electron chi connectivity index (χ4n) is 1.80. The summed E-state index contributed by atoms with van der Waals surface area (Å²) < 4.78 is 18.8. The van der Waals surface area contributed by atoms with Crippen LogP contribution in [0.4, 0.5) is 9.18 Å². The molecule has 0 saturated heterocycles. The van der Waals surface area contributed by atoms with Crippen LogP contribution in [0.25, 0.3) is 0 Å². The van der Waals surface area contributed by atoms with Gasteiger partial charge < -0.3 is 9.84 Å². The molecule has 7 nitrogen and oxygen atoms in total. The van der Waals surface area contributed by atoms with Crippen molar-refractivity contribution in [1.82, 2.24) is 9.55 Å². The van der Waals surface area contributed by atoms with E-state index in [0.717, 1.165) is 4.57 Å². The maximum Gasteiger partial charge on any atom is 0.506 e. The van der Waals surface area contributed by atoms with E-state index < -0.39 is 29.3 Å². The van der Waals surface area contributed by atoms with Gasteiger partial charge >= 0.3 is 11.8 Å². The lowest BCUT2D eigenvalue weighted by Gasteiger charge is -2.17. The van der Waals surface area contributed by atoms with Crippen LogP contribution in [0.15, 0.2) is 46.1 Å². The van der Waals surface area contributed by atoms with Gasteiger partial charge in [0.15, 0.2) is 0 Å². The molecule has 1 atom stereocenters. The number of rotatable bonds is 4. The molecule has 2 rings (SSSR count). The van der Waals surface area contributed by atoms with Crippen LogP contribution < -0.4 is 11.2 Å². The molecule has 2 N–H and O–H groups in total. The van der Waals surface area contributed by atoms with Gasteiger partial charge in [-0.15, -0.1) is 0 Å². The number of benzene rings is 1. The van der Waals surface area contributed by atoms with Gasteiger partial charge in [-0.1, -0.05) is 30.3 Å². The van der Waals surface area contributed by atoms with E-state index >= 15 is 0 Å². The zero-order chi connectivity index (χ0) is 15.4. The van der Waals surface area contributed by atoms with Gasteiger partial charge in [-0.25, -0.2) is 9.59 Å². The fraction of sp³-hybridized carbons (Fsp3) is 0.154. The first kappa shape index (κ1) is 14.5. The predicted molar refractivity (Wildman–Crippen MR) is 69.6 cm³/mol. The molecule has 0 bridgehead atoms. The SMILES string of the molecule is O=C(O)OC(Cn1cc(F)c(=O)[nH]c1=O)c1ccccc1. The highest BCUT2D eigenvalue weighted by Crippen LogP contribution is 2.18. The first-order valence-electron chi connectivity index (χ1n) is 5.91. The van der Waals surface area contributed by atoms with E-state index in [-0.39, 0.29) is 6.54 Å². The average Bonchev–Trinajstić information content (AvgIpc) is 2.44. The van der Waals surface area contributed by atoms with Crippen LogP contribution >= 0.6 is 0 Å². The number of hydrogen-bond acceptors (Lipinski definition) is 4. The Kier molecular flexibility index (Phi) is 4.17. The number of carboxylic acid groups (broad SMARTS) is 1. The van der Waals surface area contributed by atoms with Gasteiger partial charge in [-0.05, 0) is 5.56 Å². The third-order valence-corrected chi connectivity index (χ3v) is 2.74. The summed E-state index contributed by atoms with van der Waals surface area (Å²) in [5.41, 5.74) is -1.48. The van der Waals surface area contributed by atoms with Crippen LogP contribution in [0.5, 0.6) is 0 Å². The Morgan fingerprint density at radius 3 is 2.62 bits per heavy atom. The van der Waals surface area contributed by atoms with Gasteiger partial charge in [-0.3, -0.25) is 14.3 Å². The third kappa shape index (κ3) is 3.56. The lowest BCUT2D eigenvalue weighted by molar-refractivity contribution is 0.0430. The second-order valence-electron chi connectivity index (χ2n) is 4.17. The molecular weight excluding hydrogens is 283 g/mol. The number of H-pyrrole nitrogens is 1. The number of nitrogens with zero attached hydrogens (tertiary/aromatic N) is 1. The van der Waals surface area contributed by atoms with Crippen LogP contribution in [0.1, 0.15) is 11.7 Å². The van der Waals surface area contributed by atoms with Crippen LogP contribution in [0.3, 0.4) is 0 Å². The second kappa shape index (κ2) is 6.04. The normalized spacial score (nSPS) is 11.9. The minimum absolute atomic E-state index is 0.261. The summed E-state index contributed by atoms with van der Waals surface area (Å²) in [6, 6.07) is 8.29. The molecule has 0 radical (unpaired) electrons. The number of carbonyl (C=O) groups is 1. The summed E-state index contributed by atoms with van der Waals surface area (Å²) in [7, 11) is 0. The highest BCUT2D eigenvalue weighted by Gasteiger charge is 2.18. The number of hydrogen-bond donors (Lipinski definition) is 2. The van der Waals surface area contributed by atoms with Crippen molar-refractivity contribution >= 4 is 6.16 Å². The van der Waals surface area contributed by atoms with Crippen LogP contribution in [0.2, 0.25) is 0 Å². The van der Waals surface area contributed by atoms with Crippen molar-refractivity contribution in [2.24, 2.45) is 0 Å². The van der Waals surface area contributed by atoms with Crippen LogP contribution in [-0.2, 0) is 11.3 Å². The molecule has 1 aromatic carbocycles. The van der Waals surface area contributed by atoms with Gasteiger partial charge in [0.1, 0.15) is 6.10 Å². The Labute approximate surface area is 117 Å². The summed E-state index contributed by atoms with van der Waals surface area (Å²) in [6.07, 6.45) is -1.82. The van der Waals surface area contributed by atoms with E-state index in [2.05, 4.69) is 0 Å². The van der Waals surface area contributed by atoms with Crippen LogP contribution in [0, 0.1) is 5.82 Å². The molecule has 8 heteroatoms. The Balaban J connectivity index is 2.36. The van der Waals surface area contributed by atoms with Gasteiger partial charge in [-0.2, -0.15) is 4.39 Å². The van der Waals surface area contributed by atoms with Gasteiger partial charge in [0.25, 0.3) is 5.56 Å². The molecule has 1 unspecified atom stereocenters. The maximum atomic E-state index is 13.2. The van der Waals surface area contributed by atoms with Crippen LogP contribution in [-0.4, -0.2) is 20.8 Å². The largest absolute Gasteiger partial charge is 0.506 e. The van der Waals surface area contributed by atoms with E-state index in [0.29, 0.717) is 11.8 Å². The zero-order valence-corrected chi connectivity index (χ0v) is 10.7. The Hall–Kier alpha value is -2.90. The first-order chi connectivity index (χ1) is 9.97. The predicted octanol–water partition coefficient (Wildman–Crippen LogP) is 1.11. The number of aromatic amines is 1. The molecule has 21 heavy (non-hydrogen) atoms. The average molecular weight is 294 g/mol. The van der Waals surface area contributed by atoms with Crippen molar-refractivity contribution in [3.63, 3.8) is 0 Å². The van der Waals surface area contributed by atoms with Gasteiger partial charge in [0, 0.05) is 0 Å². The number of nitrogens with one attached hydrogen (secondary N) is 1. The minimum Gasteiger partial charge on any atom is -0.450 e. The highest BCUT2D eigenvalue weighted by atomic mass is 19.1. The quantitative estimate of drug-likeness (QED) is 0.822. The third-order valence-electron chi connectivity index (χ3n) is 2.74. The van der Waals surface area contributed by atoms with E-state index in [4.69, 9.17) is 9.84 Å². The number of ether oxygens (including phenoxy) is 1. The van der Waals surface area contributed by atoms with Crippen molar-refractivity contribution in [3.8, 4) is 0 Å². The summed E-state index contributed by atoms with van der Waals surface area (Å²) in [5.74, 6) is -1.14. The molecule has 1 heterocycles. The van der Waals surface area contributed by atoms with E-state index in [1.165, 1.54) is 0 Å². The molecule has 110 valence electrons. The van der Waals surface area contributed by atoms with E-state index in [9.17, 15) is 18.8 Å². The van der Waals surface area contributed by atoms with Crippen molar-refractivity contribution in [1.29, 1.82) is 0 Å². The molecule has 0 saturated carbocycles. The molecule has 0 aliphatic rings. The Bertz CT molecular complexity index is 753. The molecule has 0 spiro atoms. The van der Waals surface area contributed by atoms with Gasteiger partial charge in [0.2, 0.25) is 5.82 Å². The lowest BCUT2D eigenvalue weighted by Crippen LogP contribution is -2.33. The fourth-order valence-corrected chi connectivity index (χ4v) is 1.80. The monoisotopic (exact) mass is 294 g/mol. The Morgan fingerprint density at radius 1 is 1.33 bits per heavy atom. The molecule has 0 fully saturated rings. The molecule has 0 amide bonds. The first-order valence-corrected chi connectivity index (χ1v) is 5.91. The molecule has 0 aliphatic carbocycles. The number of halogens is 1. The standard InChI is InChI=1S/C13H11FN2O5/c14-9-6-16(12(18)15-11(9)17)7-10(21-13(19)20)8-4-2-1-3-5-8/h1-6,10H,7H2,(H,19,20)(H,15,17,18). The number of aromatic nitrogens is 2. The molecular formula is C13H11FN2O5. The summed E-state index contributed by atoms with van der Waals surface area (Å²) in [5, 5.41) is 8.75. The summed E-state index contributed by atoms with van der Waals surface area (Å²) in [6.45, 7) is -0.261. The summed E-state index contributed by atoms with van der Waals surface area (Å²) in [4.78, 5) is 35.1. The second-order valence-corrected chi connectivity index (χ2v) is 4.17. The van der Waals surface area contributed by atoms with Gasteiger partial charge in [0.05, 0.1) is 12.7 Å². The highest BCUT2D eigenvalue weighted by molar-refractivity contribution is 5.57. The van der Waals surface area contributed by atoms with E-state index in [1.807, 2.05) is 0 Å². The smallest absolute Gasteiger partial charge is 0.450 e. The molecule has 1 aromatic heterocycles. The van der Waals surface area contributed by atoms with Crippen molar-refractivity contribution < 1.29 is 19.0 Å². The van der Waals surface area contributed by atoms with Crippen molar-refractivity contribution in [3.05, 3.63) is 68.7 Å². The zero-order valence-electron chi connectivity index (χ0n) is 10.7. The topological polar surface area (TPSA) is 101 Å². The minimum atomic E-state index is -1.53. The van der Waals surface area contributed by atoms with Crippen molar-refractivity contribution in [2.45, 2.75) is 12.6 Å². The maximum absolute atomic E-state index is 13.2. The Morgan fingerprint density at radius 2 is 2.00 bits per heavy atom. The van der Waals surface area contributed by atoms with Crippen molar-refractivity contribution in [2.75, 3.05) is 0 Å². The molecule has 2 aromatic rings. The lowest BCUT2D eigenvalue weighted by atomic mass is 10.1. The molecule has 0 aliphatic heterocycles. The van der Waals surface area contributed by atoms with E-state index in [1.54, 1.807) is 35.3 Å².